The fourth-order valence-electron chi connectivity index (χ4n) is 4.44. The van der Waals surface area contributed by atoms with Crippen molar-refractivity contribution in [2.45, 2.75) is 42.7 Å². The molecule has 0 aliphatic carbocycles. The van der Waals surface area contributed by atoms with E-state index in [0.29, 0.717) is 33.0 Å². The number of benzene rings is 2. The Morgan fingerprint density at radius 2 is 1.21 bits per heavy atom. The Morgan fingerprint density at radius 1 is 0.765 bits per heavy atom. The van der Waals surface area contributed by atoms with Crippen molar-refractivity contribution in [2.75, 3.05) is 52.9 Å². The summed E-state index contributed by atoms with van der Waals surface area (Å²) in [6, 6.07) is 16.8. The fourth-order valence-corrected chi connectivity index (χ4v) is 4.44. The van der Waals surface area contributed by atoms with Crippen molar-refractivity contribution in [3.05, 3.63) is 59.7 Å². The van der Waals surface area contributed by atoms with E-state index in [4.69, 9.17) is 33.2 Å². The Morgan fingerprint density at radius 3 is 1.62 bits per heavy atom. The molecule has 0 radical (unpaired) electrons. The first kappa shape index (κ1) is 22.3. The lowest BCUT2D eigenvalue weighted by Gasteiger charge is -2.34. The van der Waals surface area contributed by atoms with Crippen molar-refractivity contribution in [3.8, 4) is 11.5 Å². The first-order valence-corrected chi connectivity index (χ1v) is 12.1. The zero-order valence-electron chi connectivity index (χ0n) is 19.6. The van der Waals surface area contributed by atoms with Gasteiger partial charge in [0.25, 0.3) is 0 Å². The van der Waals surface area contributed by atoms with E-state index in [0.717, 1.165) is 37.7 Å². The van der Waals surface area contributed by atoms with Crippen molar-refractivity contribution < 1.29 is 33.2 Å². The molecule has 4 unspecified atom stereocenters. The summed E-state index contributed by atoms with van der Waals surface area (Å²) < 4.78 is 39.4. The van der Waals surface area contributed by atoms with Gasteiger partial charge in [-0.1, -0.05) is 31.2 Å². The van der Waals surface area contributed by atoms with Crippen LogP contribution in [-0.4, -0.2) is 76.8 Å². The van der Waals surface area contributed by atoms with Crippen LogP contribution >= 0.6 is 0 Å². The van der Waals surface area contributed by atoms with Crippen LogP contribution in [0.5, 0.6) is 11.5 Å². The largest absolute Gasteiger partial charge is 0.491 e. The van der Waals surface area contributed by atoms with Crippen molar-refractivity contribution in [1.82, 2.24) is 0 Å². The molecular formula is C27H32O7. The minimum Gasteiger partial charge on any atom is -0.491 e. The molecule has 0 amide bonds. The molecule has 4 atom stereocenters. The lowest BCUT2D eigenvalue weighted by atomic mass is 9.70. The van der Waals surface area contributed by atoms with Crippen LogP contribution in [0.3, 0.4) is 0 Å². The van der Waals surface area contributed by atoms with Crippen molar-refractivity contribution in [3.63, 3.8) is 0 Å². The average Bonchev–Trinajstić information content (AvgIpc) is 3.70. The average molecular weight is 469 g/mol. The Kier molecular flexibility index (Phi) is 5.99. The zero-order valence-corrected chi connectivity index (χ0v) is 19.6. The van der Waals surface area contributed by atoms with Gasteiger partial charge in [-0.05, 0) is 41.8 Å². The first-order valence-electron chi connectivity index (χ1n) is 12.1. The van der Waals surface area contributed by atoms with E-state index < -0.39 is 0 Å². The lowest BCUT2D eigenvalue weighted by molar-refractivity contribution is 0.0585. The standard InChI is InChI=1S/C27H32O7/c1-26(16-27(18-34-27)17-28-10-23-11-31-23,19-2-6-21(7-3-19)29-12-24-14-32-24)20-4-8-22(9-5-20)30-13-25-15-33-25/h2-9,23-25H,10-18H2,1H3. The predicted molar refractivity (Wildman–Crippen MR) is 124 cm³/mol. The Balaban J connectivity index is 1.20. The van der Waals surface area contributed by atoms with Gasteiger partial charge in [0.05, 0.1) is 39.6 Å². The third-order valence-corrected chi connectivity index (χ3v) is 6.96. The zero-order chi connectivity index (χ0) is 23.0. The fraction of sp³-hybridized carbons (Fsp3) is 0.556. The van der Waals surface area contributed by atoms with Gasteiger partial charge < -0.3 is 33.2 Å². The Labute approximate surface area is 200 Å². The summed E-state index contributed by atoms with van der Waals surface area (Å²) in [6.07, 6.45) is 1.55. The molecule has 0 bridgehead atoms. The summed E-state index contributed by atoms with van der Waals surface area (Å²) in [5.41, 5.74) is 1.87. The minimum atomic E-state index is -0.277. The summed E-state index contributed by atoms with van der Waals surface area (Å²) in [5, 5.41) is 0. The van der Waals surface area contributed by atoms with Gasteiger partial charge in [0.15, 0.2) is 0 Å². The molecule has 0 saturated carbocycles. The van der Waals surface area contributed by atoms with Gasteiger partial charge in [0, 0.05) is 5.41 Å². The number of ether oxygens (including phenoxy) is 7. The van der Waals surface area contributed by atoms with E-state index in [1.54, 1.807) is 0 Å². The highest BCUT2D eigenvalue weighted by molar-refractivity contribution is 5.43. The van der Waals surface area contributed by atoms with Gasteiger partial charge in [0.2, 0.25) is 0 Å². The van der Waals surface area contributed by atoms with E-state index in [1.165, 1.54) is 11.1 Å². The first-order chi connectivity index (χ1) is 16.6. The van der Waals surface area contributed by atoms with Gasteiger partial charge in [-0.15, -0.1) is 0 Å². The summed E-state index contributed by atoms with van der Waals surface area (Å²) in [4.78, 5) is 0. The van der Waals surface area contributed by atoms with Gasteiger partial charge in [-0.2, -0.15) is 0 Å². The van der Waals surface area contributed by atoms with Crippen LogP contribution in [0.15, 0.2) is 48.5 Å². The van der Waals surface area contributed by atoms with Crippen LogP contribution in [0, 0.1) is 0 Å². The minimum absolute atomic E-state index is 0.241. The summed E-state index contributed by atoms with van der Waals surface area (Å²) in [7, 11) is 0. The Hall–Kier alpha value is -2.16. The van der Waals surface area contributed by atoms with Gasteiger partial charge in [-0.3, -0.25) is 0 Å². The van der Waals surface area contributed by atoms with E-state index in [-0.39, 0.29) is 29.3 Å². The molecule has 0 spiro atoms. The Bertz CT molecular complexity index is 898. The maximum Gasteiger partial charge on any atom is 0.119 e. The smallest absolute Gasteiger partial charge is 0.119 e. The normalized spacial score (nSPS) is 30.3. The van der Waals surface area contributed by atoms with E-state index in [2.05, 4.69) is 31.2 Å². The van der Waals surface area contributed by atoms with E-state index in [9.17, 15) is 0 Å². The molecule has 4 heterocycles. The molecule has 4 fully saturated rings. The molecule has 0 N–H and O–H groups in total. The predicted octanol–water partition coefficient (Wildman–Crippen LogP) is 3.12. The summed E-state index contributed by atoms with van der Waals surface area (Å²) in [5.74, 6) is 1.72. The monoisotopic (exact) mass is 468 g/mol. The molecule has 182 valence electrons. The van der Waals surface area contributed by atoms with Crippen LogP contribution in [0.25, 0.3) is 0 Å². The van der Waals surface area contributed by atoms with Crippen LogP contribution in [0.2, 0.25) is 0 Å². The van der Waals surface area contributed by atoms with Crippen LogP contribution in [-0.2, 0) is 29.1 Å². The molecular weight excluding hydrogens is 436 g/mol. The maximum atomic E-state index is 5.99. The second kappa shape index (κ2) is 9.13. The topological polar surface area (TPSA) is 77.8 Å². The van der Waals surface area contributed by atoms with Gasteiger partial charge >= 0.3 is 0 Å². The quantitative estimate of drug-likeness (QED) is 0.394. The van der Waals surface area contributed by atoms with Crippen LogP contribution in [0.4, 0.5) is 0 Å². The van der Waals surface area contributed by atoms with Gasteiger partial charge in [0.1, 0.15) is 48.6 Å². The number of hydrogen-bond donors (Lipinski definition) is 0. The summed E-state index contributed by atoms with van der Waals surface area (Å²) >= 11 is 0. The summed E-state index contributed by atoms with van der Waals surface area (Å²) in [6.45, 7) is 7.78. The second-order valence-corrected chi connectivity index (χ2v) is 10.0. The molecule has 7 heteroatoms. The maximum absolute atomic E-state index is 5.99. The van der Waals surface area contributed by atoms with E-state index in [1.807, 2.05) is 24.3 Å². The molecule has 0 aromatic heterocycles. The molecule has 2 aromatic carbocycles. The third-order valence-electron chi connectivity index (χ3n) is 6.96. The van der Waals surface area contributed by atoms with Crippen molar-refractivity contribution >= 4 is 0 Å². The number of rotatable bonds is 14. The second-order valence-electron chi connectivity index (χ2n) is 10.0. The highest BCUT2D eigenvalue weighted by Crippen LogP contribution is 2.46. The number of epoxide rings is 4. The van der Waals surface area contributed by atoms with Gasteiger partial charge in [-0.25, -0.2) is 0 Å². The molecule has 4 aliphatic heterocycles. The van der Waals surface area contributed by atoms with Crippen molar-refractivity contribution in [2.24, 2.45) is 0 Å². The van der Waals surface area contributed by atoms with Crippen molar-refractivity contribution in [1.29, 1.82) is 0 Å². The molecule has 34 heavy (non-hydrogen) atoms. The van der Waals surface area contributed by atoms with Crippen LogP contribution in [0.1, 0.15) is 24.5 Å². The molecule has 6 rings (SSSR count). The molecule has 4 saturated heterocycles. The molecule has 4 aliphatic rings. The third kappa shape index (κ3) is 5.56. The lowest BCUT2D eigenvalue weighted by Crippen LogP contribution is -2.34. The SMILES string of the molecule is CC(CC1(COCC2CO2)CO1)(c1ccc(OCC2CO2)cc1)c1ccc(OCC2CO2)cc1. The van der Waals surface area contributed by atoms with Crippen LogP contribution < -0.4 is 9.47 Å². The number of hydrogen-bond acceptors (Lipinski definition) is 7. The van der Waals surface area contributed by atoms with E-state index >= 15 is 0 Å². The molecule has 2 aromatic rings. The highest BCUT2D eigenvalue weighted by Gasteiger charge is 2.51. The molecule has 7 nitrogen and oxygen atoms in total. The highest BCUT2D eigenvalue weighted by atomic mass is 16.6.